The van der Waals surface area contributed by atoms with Gasteiger partial charge in [-0.3, -0.25) is 0 Å². The third-order valence-electron chi connectivity index (χ3n) is 0.502. The lowest BCUT2D eigenvalue weighted by atomic mass is 10.4. The van der Waals surface area contributed by atoms with Crippen molar-refractivity contribution in [2.24, 2.45) is 0 Å². The molecule has 0 radical (unpaired) electrons. The summed E-state index contributed by atoms with van der Waals surface area (Å²) in [7, 11) is 0. The Bertz CT molecular complexity index is 77.8. The van der Waals surface area contributed by atoms with Crippen LogP contribution >= 0.6 is 31.9 Å². The number of unbranched alkanes of at least 4 members (excludes halogenated alkanes) is 1. The maximum absolute atomic E-state index is 3.30. The molecule has 0 nitrogen and oxygen atoms in total. The lowest BCUT2D eigenvalue weighted by Crippen LogP contribution is -1.68. The first-order valence-electron chi connectivity index (χ1n) is 2.06. The third kappa shape index (κ3) is 6.52. The molecule has 0 aromatic heterocycles. The molecule has 0 rings (SSSR count). The molecule has 0 fully saturated rings. The van der Waals surface area contributed by atoms with Crippen molar-refractivity contribution in [2.75, 3.05) is 5.33 Å². The molecule has 0 atom stereocenters. The fraction of sp³-hybridized carbons (Fsp3) is 0.600. The molecule has 0 aliphatic rings. The van der Waals surface area contributed by atoms with E-state index >= 15 is 0 Å². The highest BCUT2D eigenvalue weighted by Gasteiger charge is 1.74. The molecule has 7 heavy (non-hydrogen) atoms. The number of hydrogen-bond acceptors (Lipinski definition) is 0. The van der Waals surface area contributed by atoms with Gasteiger partial charge >= 0.3 is 0 Å². The van der Waals surface area contributed by atoms with Crippen molar-refractivity contribution in [3.8, 4) is 10.8 Å². The van der Waals surface area contributed by atoms with Crippen molar-refractivity contribution < 1.29 is 0 Å². The second-order valence-electron chi connectivity index (χ2n) is 1.06. The molecule has 0 amide bonds. The van der Waals surface area contributed by atoms with Gasteiger partial charge in [0, 0.05) is 27.7 Å². The van der Waals surface area contributed by atoms with E-state index in [4.69, 9.17) is 0 Å². The fourth-order valence-electron chi connectivity index (χ4n) is 0.202. The van der Waals surface area contributed by atoms with Crippen LogP contribution in [0.25, 0.3) is 0 Å². The average Bonchev–Trinajstić information content (AvgIpc) is 1.69. The quantitative estimate of drug-likeness (QED) is 0.385. The predicted molar refractivity (Wildman–Crippen MR) is 39.7 cm³/mol. The van der Waals surface area contributed by atoms with Gasteiger partial charge in [-0.15, -0.1) is 0 Å². The van der Waals surface area contributed by atoms with Gasteiger partial charge in [-0.2, -0.15) is 0 Å². The van der Waals surface area contributed by atoms with Gasteiger partial charge in [-0.1, -0.05) is 21.9 Å². The van der Waals surface area contributed by atoms with Gasteiger partial charge in [0.2, 0.25) is 0 Å². The Hall–Kier alpha value is 0.520. The molecule has 0 spiro atoms. The van der Waals surface area contributed by atoms with E-state index in [2.05, 4.69) is 42.6 Å². The van der Waals surface area contributed by atoms with Crippen LogP contribution in [0.1, 0.15) is 12.8 Å². The minimum atomic E-state index is 0.983. The highest BCUT2D eigenvalue weighted by atomic mass is 79.9. The van der Waals surface area contributed by atoms with Crippen molar-refractivity contribution >= 4 is 31.9 Å². The highest BCUT2D eigenvalue weighted by Crippen LogP contribution is 1.91. The number of rotatable bonds is 2. The third-order valence-corrected chi connectivity index (χ3v) is 1.34. The molecule has 0 heterocycles. The van der Waals surface area contributed by atoms with E-state index in [1.807, 2.05) is 0 Å². The van der Waals surface area contributed by atoms with Crippen LogP contribution in [0, 0.1) is 10.8 Å². The zero-order chi connectivity index (χ0) is 5.54. The van der Waals surface area contributed by atoms with Crippen molar-refractivity contribution in [3.05, 3.63) is 0 Å². The van der Waals surface area contributed by atoms with Gasteiger partial charge in [0.05, 0.1) is 0 Å². The van der Waals surface area contributed by atoms with Crippen LogP contribution < -0.4 is 0 Å². The Balaban J connectivity index is 2.78. The van der Waals surface area contributed by atoms with Gasteiger partial charge < -0.3 is 0 Å². The molecule has 0 saturated heterocycles. The first-order chi connectivity index (χ1) is 3.41. The predicted octanol–water partition coefficient (Wildman–Crippen LogP) is 2.52. The van der Waals surface area contributed by atoms with E-state index in [1.54, 1.807) is 0 Å². The summed E-state index contributed by atoms with van der Waals surface area (Å²) in [6.07, 6.45) is 2.12. The van der Waals surface area contributed by atoms with Crippen LogP contribution in [-0.4, -0.2) is 5.33 Å². The monoisotopic (exact) mass is 224 g/mol. The van der Waals surface area contributed by atoms with Gasteiger partial charge in [0.25, 0.3) is 0 Å². The van der Waals surface area contributed by atoms with E-state index < -0.39 is 0 Å². The summed E-state index contributed by atoms with van der Waals surface area (Å²) in [5, 5.41) is 1.05. The normalized spacial score (nSPS) is 7.14. The fourth-order valence-corrected chi connectivity index (χ4v) is 0.681. The van der Waals surface area contributed by atoms with Crippen LogP contribution in [0.2, 0.25) is 0 Å². The summed E-state index contributed by atoms with van der Waals surface area (Å²) >= 11 is 6.30. The van der Waals surface area contributed by atoms with Crippen LogP contribution in [0.15, 0.2) is 0 Å². The van der Waals surface area contributed by atoms with E-state index in [0.29, 0.717) is 0 Å². The highest BCUT2D eigenvalue weighted by molar-refractivity contribution is 9.12. The van der Waals surface area contributed by atoms with E-state index in [-0.39, 0.29) is 0 Å². The molecule has 0 N–H and O–H groups in total. The maximum atomic E-state index is 3.30. The second-order valence-corrected chi connectivity index (χ2v) is 2.25. The zero-order valence-electron chi connectivity index (χ0n) is 3.88. The molecular formula is C5H6Br2. The average molecular weight is 226 g/mol. The van der Waals surface area contributed by atoms with Crippen molar-refractivity contribution in [3.63, 3.8) is 0 Å². The summed E-state index contributed by atoms with van der Waals surface area (Å²) in [6, 6.07) is 0. The van der Waals surface area contributed by atoms with Gasteiger partial charge in [-0.25, -0.2) is 0 Å². The Labute approximate surface area is 60.9 Å². The molecule has 0 aliphatic carbocycles. The standard InChI is InChI=1S/C5H6Br2/c6-4-2-1-3-5-7/h1-2,4H2. The molecule has 0 bridgehead atoms. The van der Waals surface area contributed by atoms with Gasteiger partial charge in [-0.05, 0) is 11.3 Å². The Kier molecular flexibility index (Phi) is 7.00. The second kappa shape index (κ2) is 6.52. The van der Waals surface area contributed by atoms with Crippen LogP contribution in [0.4, 0.5) is 0 Å². The van der Waals surface area contributed by atoms with Crippen molar-refractivity contribution in [1.82, 2.24) is 0 Å². The lowest BCUT2D eigenvalue weighted by molar-refractivity contribution is 1.01. The van der Waals surface area contributed by atoms with Crippen LogP contribution in [-0.2, 0) is 0 Å². The number of halogens is 2. The molecule has 0 aromatic rings. The molecule has 2 heteroatoms. The summed E-state index contributed by atoms with van der Waals surface area (Å²) in [5.41, 5.74) is 0. The number of alkyl halides is 1. The topological polar surface area (TPSA) is 0 Å². The summed E-state index contributed by atoms with van der Waals surface area (Å²) in [4.78, 5) is 2.64. The summed E-state index contributed by atoms with van der Waals surface area (Å²) in [5.74, 6) is 2.89. The minimum Gasteiger partial charge on any atom is -0.0928 e. The first-order valence-corrected chi connectivity index (χ1v) is 3.97. The zero-order valence-corrected chi connectivity index (χ0v) is 7.05. The molecule has 0 saturated carbocycles. The lowest BCUT2D eigenvalue weighted by Gasteiger charge is -1.78. The molecule has 0 aliphatic heterocycles. The molecule has 40 valence electrons. The first kappa shape index (κ1) is 7.52. The smallest absolute Gasteiger partial charge is 0.0106 e. The molecule has 0 unspecified atom stereocenters. The number of hydrogen-bond donors (Lipinski definition) is 0. The summed E-state index contributed by atoms with van der Waals surface area (Å²) < 4.78 is 0. The Morgan fingerprint density at radius 3 is 2.57 bits per heavy atom. The summed E-state index contributed by atoms with van der Waals surface area (Å²) in [6.45, 7) is 0. The Morgan fingerprint density at radius 1 is 1.43 bits per heavy atom. The van der Waals surface area contributed by atoms with E-state index in [9.17, 15) is 0 Å². The molecule has 0 aromatic carbocycles. The van der Waals surface area contributed by atoms with E-state index in [0.717, 1.165) is 18.2 Å². The van der Waals surface area contributed by atoms with Crippen LogP contribution in [0.3, 0.4) is 0 Å². The van der Waals surface area contributed by atoms with Crippen LogP contribution in [0.5, 0.6) is 0 Å². The minimum absolute atomic E-state index is 0.983. The SMILES string of the molecule is BrC#CCCCBr. The van der Waals surface area contributed by atoms with Crippen molar-refractivity contribution in [2.45, 2.75) is 12.8 Å². The van der Waals surface area contributed by atoms with Crippen molar-refractivity contribution in [1.29, 1.82) is 0 Å². The molecular weight excluding hydrogens is 220 g/mol. The largest absolute Gasteiger partial charge is 0.0928 e. The van der Waals surface area contributed by atoms with Gasteiger partial charge in [0.15, 0.2) is 0 Å². The Morgan fingerprint density at radius 2 is 2.14 bits per heavy atom. The van der Waals surface area contributed by atoms with Gasteiger partial charge in [0.1, 0.15) is 0 Å². The maximum Gasteiger partial charge on any atom is 0.0106 e. The van der Waals surface area contributed by atoms with E-state index in [1.165, 1.54) is 0 Å².